The molecule has 2 N–H and O–H groups in total. The highest BCUT2D eigenvalue weighted by Gasteiger charge is 2.21. The number of quaternary nitrogens is 1. The van der Waals surface area contributed by atoms with Crippen LogP contribution in [0.2, 0.25) is 0 Å². The van der Waals surface area contributed by atoms with Gasteiger partial charge in [0.15, 0.2) is 0 Å². The van der Waals surface area contributed by atoms with E-state index in [0.717, 1.165) is 5.75 Å². The molecule has 1 aromatic carbocycles. The molecule has 0 saturated carbocycles. The van der Waals surface area contributed by atoms with E-state index in [1.807, 2.05) is 6.07 Å². The van der Waals surface area contributed by atoms with Gasteiger partial charge in [-0.3, -0.25) is 0 Å². The van der Waals surface area contributed by atoms with Gasteiger partial charge in [0.1, 0.15) is 11.8 Å². The molecule has 1 atom stereocenters. The number of piperidine rings is 1. The third kappa shape index (κ3) is 1.90. The van der Waals surface area contributed by atoms with E-state index in [1.165, 1.54) is 31.4 Å². The molecular weight excluding hydrogens is 174 g/mol. The van der Waals surface area contributed by atoms with Crippen LogP contribution < -0.4 is 10.1 Å². The molecule has 0 aromatic heterocycles. The summed E-state index contributed by atoms with van der Waals surface area (Å²) in [6, 6.07) is 8.98. The van der Waals surface area contributed by atoms with Crippen LogP contribution in [0.15, 0.2) is 24.3 Å². The number of hydrogen-bond acceptors (Lipinski definition) is 1. The van der Waals surface area contributed by atoms with Crippen molar-refractivity contribution in [1.29, 1.82) is 0 Å². The SMILES string of the molecule is COc1ccccc1[C@@H]1CCCC[NH2+]1. The molecule has 2 heteroatoms. The Hall–Kier alpha value is -1.02. The summed E-state index contributed by atoms with van der Waals surface area (Å²) >= 11 is 0. The van der Waals surface area contributed by atoms with Crippen LogP contribution in [0.1, 0.15) is 30.9 Å². The van der Waals surface area contributed by atoms with E-state index < -0.39 is 0 Å². The minimum atomic E-state index is 0.611. The van der Waals surface area contributed by atoms with E-state index >= 15 is 0 Å². The Morgan fingerprint density at radius 1 is 1.29 bits per heavy atom. The zero-order valence-corrected chi connectivity index (χ0v) is 8.70. The second kappa shape index (κ2) is 4.47. The van der Waals surface area contributed by atoms with Crippen molar-refractivity contribution in [2.24, 2.45) is 0 Å². The van der Waals surface area contributed by atoms with Gasteiger partial charge in [0.25, 0.3) is 0 Å². The second-order valence-corrected chi connectivity index (χ2v) is 3.87. The maximum atomic E-state index is 5.38. The first-order chi connectivity index (χ1) is 6.92. The Bertz CT molecular complexity index is 292. The number of benzene rings is 1. The van der Waals surface area contributed by atoms with E-state index in [-0.39, 0.29) is 0 Å². The third-order valence-electron chi connectivity index (χ3n) is 2.96. The standard InChI is InChI=1S/C12H17NO/c1-14-12-8-3-2-6-10(12)11-7-4-5-9-13-11/h2-3,6,8,11,13H,4-5,7,9H2,1H3/p+1/t11-/m0/s1. The van der Waals surface area contributed by atoms with Crippen molar-refractivity contribution < 1.29 is 10.1 Å². The molecule has 76 valence electrons. The lowest BCUT2D eigenvalue weighted by atomic mass is 9.97. The Kier molecular flexibility index (Phi) is 3.04. The first-order valence-corrected chi connectivity index (χ1v) is 5.38. The summed E-state index contributed by atoms with van der Waals surface area (Å²) in [6.07, 6.45) is 3.98. The van der Waals surface area contributed by atoms with Gasteiger partial charge in [-0.15, -0.1) is 0 Å². The van der Waals surface area contributed by atoms with Gasteiger partial charge in [-0.1, -0.05) is 12.1 Å². The molecule has 0 spiro atoms. The summed E-state index contributed by atoms with van der Waals surface area (Å²) < 4.78 is 5.38. The van der Waals surface area contributed by atoms with Gasteiger partial charge in [-0.2, -0.15) is 0 Å². The zero-order chi connectivity index (χ0) is 9.80. The van der Waals surface area contributed by atoms with Crippen molar-refractivity contribution in [3.63, 3.8) is 0 Å². The van der Waals surface area contributed by atoms with E-state index in [4.69, 9.17) is 4.74 Å². The monoisotopic (exact) mass is 192 g/mol. The summed E-state index contributed by atoms with van der Waals surface area (Å²) in [7, 11) is 1.75. The highest BCUT2D eigenvalue weighted by Crippen LogP contribution is 2.26. The fourth-order valence-electron chi connectivity index (χ4n) is 2.20. The van der Waals surface area contributed by atoms with Gasteiger partial charge >= 0.3 is 0 Å². The Labute approximate surface area is 85.3 Å². The molecule has 0 bridgehead atoms. The van der Waals surface area contributed by atoms with Gasteiger partial charge in [0.2, 0.25) is 0 Å². The van der Waals surface area contributed by atoms with Crippen molar-refractivity contribution in [3.8, 4) is 5.75 Å². The molecule has 1 heterocycles. The molecule has 1 fully saturated rings. The number of rotatable bonds is 2. The Balaban J connectivity index is 2.20. The van der Waals surface area contributed by atoms with Crippen molar-refractivity contribution in [1.82, 2.24) is 0 Å². The zero-order valence-electron chi connectivity index (χ0n) is 8.70. The predicted octanol–water partition coefficient (Wildman–Crippen LogP) is 1.48. The van der Waals surface area contributed by atoms with Gasteiger partial charge in [0, 0.05) is 6.42 Å². The minimum absolute atomic E-state index is 0.611. The maximum absolute atomic E-state index is 5.38. The smallest absolute Gasteiger partial charge is 0.128 e. The molecule has 1 saturated heterocycles. The first kappa shape index (κ1) is 9.53. The molecule has 1 aromatic rings. The average molecular weight is 192 g/mol. The molecule has 2 nitrogen and oxygen atoms in total. The molecule has 2 rings (SSSR count). The molecule has 0 aliphatic carbocycles. The molecule has 0 radical (unpaired) electrons. The number of hydrogen-bond donors (Lipinski definition) is 1. The van der Waals surface area contributed by atoms with Crippen LogP contribution in [-0.2, 0) is 0 Å². The normalized spacial score (nSPS) is 21.9. The highest BCUT2D eigenvalue weighted by molar-refractivity contribution is 5.34. The Morgan fingerprint density at radius 2 is 2.14 bits per heavy atom. The van der Waals surface area contributed by atoms with Crippen molar-refractivity contribution in [2.45, 2.75) is 25.3 Å². The fraction of sp³-hybridized carbons (Fsp3) is 0.500. The van der Waals surface area contributed by atoms with Crippen LogP contribution in [0.3, 0.4) is 0 Å². The van der Waals surface area contributed by atoms with Gasteiger partial charge in [-0.25, -0.2) is 0 Å². The van der Waals surface area contributed by atoms with Crippen LogP contribution >= 0.6 is 0 Å². The van der Waals surface area contributed by atoms with E-state index in [2.05, 4.69) is 23.5 Å². The topological polar surface area (TPSA) is 25.8 Å². The van der Waals surface area contributed by atoms with Crippen molar-refractivity contribution >= 4 is 0 Å². The second-order valence-electron chi connectivity index (χ2n) is 3.87. The summed E-state index contributed by atoms with van der Waals surface area (Å²) in [5.41, 5.74) is 1.36. The van der Waals surface area contributed by atoms with Crippen LogP contribution in [-0.4, -0.2) is 13.7 Å². The summed E-state index contributed by atoms with van der Waals surface area (Å²) in [5, 5.41) is 2.43. The van der Waals surface area contributed by atoms with Crippen LogP contribution in [0.4, 0.5) is 0 Å². The lowest BCUT2D eigenvalue weighted by molar-refractivity contribution is -0.704. The number of nitrogens with two attached hydrogens (primary N) is 1. The summed E-state index contributed by atoms with van der Waals surface area (Å²) in [5.74, 6) is 1.04. The number of para-hydroxylation sites is 1. The molecule has 14 heavy (non-hydrogen) atoms. The van der Waals surface area contributed by atoms with E-state index in [9.17, 15) is 0 Å². The number of methoxy groups -OCH3 is 1. The summed E-state index contributed by atoms with van der Waals surface area (Å²) in [4.78, 5) is 0. The quantitative estimate of drug-likeness (QED) is 0.754. The predicted molar refractivity (Wildman–Crippen MR) is 56.4 cm³/mol. The average Bonchev–Trinajstić information content (AvgIpc) is 2.30. The largest absolute Gasteiger partial charge is 0.496 e. The fourth-order valence-corrected chi connectivity index (χ4v) is 2.20. The molecule has 1 aliphatic rings. The first-order valence-electron chi connectivity index (χ1n) is 5.38. The lowest BCUT2D eigenvalue weighted by Gasteiger charge is -2.21. The minimum Gasteiger partial charge on any atom is -0.496 e. The van der Waals surface area contributed by atoms with E-state index in [1.54, 1.807) is 7.11 Å². The lowest BCUT2D eigenvalue weighted by Crippen LogP contribution is -2.86. The number of ether oxygens (including phenoxy) is 1. The van der Waals surface area contributed by atoms with E-state index in [0.29, 0.717) is 6.04 Å². The Morgan fingerprint density at radius 3 is 2.86 bits per heavy atom. The molecule has 1 aliphatic heterocycles. The molecule has 0 unspecified atom stereocenters. The van der Waals surface area contributed by atoms with Gasteiger partial charge < -0.3 is 10.1 Å². The summed E-state index contributed by atoms with van der Waals surface area (Å²) in [6.45, 7) is 1.25. The molecule has 0 amide bonds. The molecular formula is C12H18NO+. The maximum Gasteiger partial charge on any atom is 0.128 e. The highest BCUT2D eigenvalue weighted by atomic mass is 16.5. The van der Waals surface area contributed by atoms with Crippen molar-refractivity contribution in [3.05, 3.63) is 29.8 Å². The van der Waals surface area contributed by atoms with Crippen molar-refractivity contribution in [2.75, 3.05) is 13.7 Å². The van der Waals surface area contributed by atoms with Gasteiger partial charge in [-0.05, 0) is 25.0 Å². The van der Waals surface area contributed by atoms with Crippen LogP contribution in [0, 0.1) is 0 Å². The van der Waals surface area contributed by atoms with Crippen LogP contribution in [0.25, 0.3) is 0 Å². The van der Waals surface area contributed by atoms with Gasteiger partial charge in [0.05, 0.1) is 19.2 Å². The van der Waals surface area contributed by atoms with Crippen LogP contribution in [0.5, 0.6) is 5.75 Å². The third-order valence-corrected chi connectivity index (χ3v) is 2.96.